The van der Waals surface area contributed by atoms with Gasteiger partial charge in [-0.25, -0.2) is 0 Å². The maximum absolute atomic E-state index is 10.5. The van der Waals surface area contributed by atoms with Crippen LogP contribution >= 0.6 is 0 Å². The molecule has 0 radical (unpaired) electrons. The van der Waals surface area contributed by atoms with Crippen molar-refractivity contribution in [2.24, 2.45) is 17.8 Å². The standard InChI is InChI=1S/C26H37NO2/c1-19-8-7-10-20(14-19)16-23(28)11-12-24-25-17-21(15-22(25)18-26(24)29)9-5-4-6-13-27(2)3/h5,7-12,14-15,22-26,28-29H,4,6,13,16-18H2,1-3H3/b9-5+,12-11+/t22-,23+,24+,25-,26+/m0/s1. The second-order valence-electron chi connectivity index (χ2n) is 9.15. The maximum atomic E-state index is 10.5. The zero-order chi connectivity index (χ0) is 20.8. The molecular formula is C26H37NO2. The average Bonchev–Trinajstić information content (AvgIpc) is 3.16. The number of aliphatic hydroxyl groups excluding tert-OH is 2. The van der Waals surface area contributed by atoms with Crippen LogP contribution in [0, 0.1) is 24.7 Å². The number of aryl methyl sites for hydroxylation is 1. The van der Waals surface area contributed by atoms with Gasteiger partial charge < -0.3 is 15.1 Å². The van der Waals surface area contributed by atoms with Gasteiger partial charge in [-0.05, 0) is 70.6 Å². The van der Waals surface area contributed by atoms with Gasteiger partial charge in [0.15, 0.2) is 0 Å². The predicted molar refractivity (Wildman–Crippen MR) is 121 cm³/mol. The summed E-state index contributed by atoms with van der Waals surface area (Å²) in [5.74, 6) is 1.08. The Morgan fingerprint density at radius 1 is 1.28 bits per heavy atom. The highest BCUT2D eigenvalue weighted by Gasteiger charge is 2.42. The monoisotopic (exact) mass is 395 g/mol. The van der Waals surface area contributed by atoms with Crippen molar-refractivity contribution >= 4 is 0 Å². The van der Waals surface area contributed by atoms with Gasteiger partial charge >= 0.3 is 0 Å². The molecule has 0 heterocycles. The summed E-state index contributed by atoms with van der Waals surface area (Å²) in [6.07, 6.45) is 14.9. The molecule has 3 heteroatoms. The van der Waals surface area contributed by atoms with Crippen molar-refractivity contribution in [3.63, 3.8) is 0 Å². The predicted octanol–water partition coefficient (Wildman–Crippen LogP) is 4.30. The first-order valence-electron chi connectivity index (χ1n) is 11.0. The Labute approximate surface area is 176 Å². The van der Waals surface area contributed by atoms with E-state index in [0.717, 1.165) is 31.4 Å². The smallest absolute Gasteiger partial charge is 0.0761 e. The molecule has 0 aromatic heterocycles. The highest BCUT2D eigenvalue weighted by atomic mass is 16.3. The lowest BCUT2D eigenvalue weighted by Crippen LogP contribution is -2.18. The summed E-state index contributed by atoms with van der Waals surface area (Å²) in [6.45, 7) is 3.20. The SMILES string of the molecule is Cc1cccc(C[C@H](O)/C=C/[C@@H]2[C@H]3CC(/C=C/CCCN(C)C)=C[C@H]3C[C@H]2O)c1. The number of hydrogen-bond acceptors (Lipinski definition) is 3. The Hall–Kier alpha value is -1.68. The number of hydrogen-bond donors (Lipinski definition) is 2. The van der Waals surface area contributed by atoms with Crippen molar-refractivity contribution in [3.05, 3.63) is 71.3 Å². The minimum absolute atomic E-state index is 0.142. The van der Waals surface area contributed by atoms with E-state index in [-0.39, 0.29) is 12.0 Å². The molecule has 158 valence electrons. The van der Waals surface area contributed by atoms with Crippen molar-refractivity contribution < 1.29 is 10.2 Å². The maximum Gasteiger partial charge on any atom is 0.0761 e. The van der Waals surface area contributed by atoms with Crippen molar-refractivity contribution in [1.29, 1.82) is 0 Å². The minimum atomic E-state index is -0.506. The fourth-order valence-corrected chi connectivity index (χ4v) is 4.84. The second-order valence-corrected chi connectivity index (χ2v) is 9.15. The molecular weight excluding hydrogens is 358 g/mol. The molecule has 1 saturated carbocycles. The van der Waals surface area contributed by atoms with Crippen molar-refractivity contribution in [2.45, 2.75) is 51.2 Å². The van der Waals surface area contributed by atoms with Crippen LogP contribution in [0.2, 0.25) is 0 Å². The first-order chi connectivity index (χ1) is 13.9. The fourth-order valence-electron chi connectivity index (χ4n) is 4.84. The van der Waals surface area contributed by atoms with E-state index in [9.17, 15) is 10.2 Å². The lowest BCUT2D eigenvalue weighted by Gasteiger charge is -2.18. The molecule has 3 rings (SSSR count). The Morgan fingerprint density at radius 2 is 2.10 bits per heavy atom. The topological polar surface area (TPSA) is 43.7 Å². The molecule has 2 aliphatic rings. The molecule has 5 atom stereocenters. The summed E-state index contributed by atoms with van der Waals surface area (Å²) in [5, 5.41) is 21.0. The fraction of sp³-hybridized carbons (Fsp3) is 0.538. The number of allylic oxidation sites excluding steroid dienone is 4. The summed E-state index contributed by atoms with van der Waals surface area (Å²) in [6, 6.07) is 8.28. The number of benzene rings is 1. The Bertz CT molecular complexity index is 749. The number of fused-ring (bicyclic) bond motifs is 1. The van der Waals surface area contributed by atoms with Gasteiger partial charge in [-0.15, -0.1) is 0 Å². The van der Waals surface area contributed by atoms with E-state index in [0.29, 0.717) is 18.3 Å². The minimum Gasteiger partial charge on any atom is -0.392 e. The Balaban J connectivity index is 1.51. The van der Waals surface area contributed by atoms with Crippen LogP contribution in [0.1, 0.15) is 36.8 Å². The van der Waals surface area contributed by atoms with Gasteiger partial charge in [0, 0.05) is 12.3 Å². The molecule has 0 unspecified atom stereocenters. The largest absolute Gasteiger partial charge is 0.392 e. The first kappa shape index (κ1) is 22.0. The Morgan fingerprint density at radius 3 is 2.86 bits per heavy atom. The molecule has 0 bridgehead atoms. The van der Waals surface area contributed by atoms with Gasteiger partial charge in [0.25, 0.3) is 0 Å². The second kappa shape index (κ2) is 10.4. The number of nitrogens with zero attached hydrogens (tertiary/aromatic N) is 1. The summed E-state index contributed by atoms with van der Waals surface area (Å²) in [4.78, 5) is 2.22. The van der Waals surface area contributed by atoms with Crippen LogP contribution in [-0.4, -0.2) is 48.0 Å². The third kappa shape index (κ3) is 6.40. The molecule has 3 nitrogen and oxygen atoms in total. The zero-order valence-corrected chi connectivity index (χ0v) is 18.2. The van der Waals surface area contributed by atoms with E-state index in [1.54, 1.807) is 0 Å². The van der Waals surface area contributed by atoms with Gasteiger partial charge in [-0.3, -0.25) is 0 Å². The van der Waals surface area contributed by atoms with E-state index in [1.165, 1.54) is 17.6 Å². The molecule has 1 aromatic carbocycles. The van der Waals surface area contributed by atoms with Crippen LogP contribution in [-0.2, 0) is 6.42 Å². The summed E-state index contributed by atoms with van der Waals surface area (Å²) in [5.41, 5.74) is 3.78. The highest BCUT2D eigenvalue weighted by molar-refractivity contribution is 5.29. The van der Waals surface area contributed by atoms with Gasteiger partial charge in [-0.2, -0.15) is 0 Å². The molecule has 2 aliphatic carbocycles. The number of rotatable bonds is 9. The summed E-state index contributed by atoms with van der Waals surface area (Å²) >= 11 is 0. The van der Waals surface area contributed by atoms with Crippen LogP contribution in [0.25, 0.3) is 0 Å². The van der Waals surface area contributed by atoms with Crippen LogP contribution in [0.3, 0.4) is 0 Å². The van der Waals surface area contributed by atoms with Crippen LogP contribution < -0.4 is 0 Å². The van der Waals surface area contributed by atoms with E-state index in [4.69, 9.17) is 0 Å². The average molecular weight is 396 g/mol. The summed E-state index contributed by atoms with van der Waals surface area (Å²) in [7, 11) is 4.22. The molecule has 1 fully saturated rings. The molecule has 0 aliphatic heterocycles. The summed E-state index contributed by atoms with van der Waals surface area (Å²) < 4.78 is 0. The van der Waals surface area contributed by atoms with Crippen molar-refractivity contribution in [1.82, 2.24) is 4.90 Å². The van der Waals surface area contributed by atoms with Crippen LogP contribution in [0.15, 0.2) is 60.2 Å². The van der Waals surface area contributed by atoms with Crippen molar-refractivity contribution in [2.75, 3.05) is 20.6 Å². The molecule has 1 aromatic rings. The first-order valence-corrected chi connectivity index (χ1v) is 11.0. The third-order valence-electron chi connectivity index (χ3n) is 6.29. The molecule has 29 heavy (non-hydrogen) atoms. The van der Waals surface area contributed by atoms with E-state index < -0.39 is 6.10 Å². The third-order valence-corrected chi connectivity index (χ3v) is 6.29. The normalized spacial score (nSPS) is 27.9. The highest BCUT2D eigenvalue weighted by Crippen LogP contribution is 2.47. The quantitative estimate of drug-likeness (QED) is 0.484. The van der Waals surface area contributed by atoms with E-state index in [2.05, 4.69) is 68.4 Å². The Kier molecular flexibility index (Phi) is 7.88. The lowest BCUT2D eigenvalue weighted by atomic mass is 9.89. The number of aliphatic hydroxyl groups is 2. The van der Waals surface area contributed by atoms with Crippen LogP contribution in [0.5, 0.6) is 0 Å². The van der Waals surface area contributed by atoms with E-state index >= 15 is 0 Å². The van der Waals surface area contributed by atoms with Crippen LogP contribution in [0.4, 0.5) is 0 Å². The molecule has 0 spiro atoms. The molecule has 0 saturated heterocycles. The molecule has 2 N–H and O–H groups in total. The van der Waals surface area contributed by atoms with Gasteiger partial charge in [0.05, 0.1) is 12.2 Å². The molecule has 0 amide bonds. The zero-order valence-electron chi connectivity index (χ0n) is 18.2. The van der Waals surface area contributed by atoms with Gasteiger partial charge in [-0.1, -0.05) is 65.8 Å². The van der Waals surface area contributed by atoms with E-state index in [1.807, 2.05) is 12.1 Å². The van der Waals surface area contributed by atoms with Gasteiger partial charge in [0.2, 0.25) is 0 Å². The van der Waals surface area contributed by atoms with Crippen molar-refractivity contribution in [3.8, 4) is 0 Å². The number of unbranched alkanes of at least 4 members (excludes halogenated alkanes) is 1. The lowest BCUT2D eigenvalue weighted by molar-refractivity contribution is 0.140. The van der Waals surface area contributed by atoms with Gasteiger partial charge in [0.1, 0.15) is 0 Å².